The maximum absolute atomic E-state index is 12.5. The van der Waals surface area contributed by atoms with Crippen molar-refractivity contribution in [3.8, 4) is 0 Å². The van der Waals surface area contributed by atoms with E-state index in [9.17, 15) is 8.78 Å². The normalized spacial score (nSPS) is 40.6. The van der Waals surface area contributed by atoms with E-state index in [1.165, 1.54) is 32.1 Å². The highest BCUT2D eigenvalue weighted by molar-refractivity contribution is 4.79. The van der Waals surface area contributed by atoms with Gasteiger partial charge in [-0.2, -0.15) is 0 Å². The van der Waals surface area contributed by atoms with Gasteiger partial charge in [0.1, 0.15) is 12.3 Å². The van der Waals surface area contributed by atoms with Crippen molar-refractivity contribution >= 4 is 0 Å². The van der Waals surface area contributed by atoms with Crippen molar-refractivity contribution in [1.82, 2.24) is 0 Å². The van der Waals surface area contributed by atoms with Crippen LogP contribution >= 0.6 is 0 Å². The maximum Gasteiger partial charge on any atom is 0.131 e. The lowest BCUT2D eigenvalue weighted by Gasteiger charge is -2.34. The van der Waals surface area contributed by atoms with Gasteiger partial charge in [-0.15, -0.1) is 0 Å². The van der Waals surface area contributed by atoms with Crippen LogP contribution in [-0.4, -0.2) is 12.3 Å². The molecule has 0 aromatic carbocycles. The fourth-order valence-electron chi connectivity index (χ4n) is 4.64. The van der Waals surface area contributed by atoms with Crippen LogP contribution in [0.5, 0.6) is 0 Å². The smallest absolute Gasteiger partial charge is 0.131 e. The third kappa shape index (κ3) is 5.81. The minimum absolute atomic E-state index is 0.381. The van der Waals surface area contributed by atoms with E-state index in [0.717, 1.165) is 24.2 Å². The second-order valence-electron chi connectivity index (χ2n) is 8.37. The Kier molecular flexibility index (Phi) is 7.63. The summed E-state index contributed by atoms with van der Waals surface area (Å²) in [6.07, 6.45) is 13.1. The lowest BCUT2D eigenvalue weighted by Crippen LogP contribution is -2.25. The molecule has 130 valence electrons. The third-order valence-electron chi connectivity index (χ3n) is 6.33. The molecule has 0 aliphatic heterocycles. The molecule has 3 rings (SSSR count). The van der Waals surface area contributed by atoms with Gasteiger partial charge in [0.25, 0.3) is 0 Å². The van der Waals surface area contributed by atoms with E-state index in [0.29, 0.717) is 18.8 Å². The second-order valence-corrected chi connectivity index (χ2v) is 8.37. The van der Waals surface area contributed by atoms with Crippen molar-refractivity contribution in [1.29, 1.82) is 0 Å². The zero-order valence-corrected chi connectivity index (χ0v) is 14.7. The Morgan fingerprint density at radius 1 is 0.545 bits per heavy atom. The van der Waals surface area contributed by atoms with Crippen LogP contribution in [0.3, 0.4) is 0 Å². The Morgan fingerprint density at radius 2 is 1.09 bits per heavy atom. The van der Waals surface area contributed by atoms with Crippen molar-refractivity contribution in [2.45, 2.75) is 103 Å². The molecule has 0 radical (unpaired) electrons. The van der Waals surface area contributed by atoms with Crippen molar-refractivity contribution in [2.75, 3.05) is 0 Å². The molecule has 3 fully saturated rings. The molecule has 0 amide bonds. The molecule has 3 unspecified atom stereocenters. The molecule has 0 aromatic heterocycles. The molecule has 0 spiro atoms. The lowest BCUT2D eigenvalue weighted by atomic mass is 9.71. The molecule has 3 aliphatic carbocycles. The van der Waals surface area contributed by atoms with Crippen molar-refractivity contribution in [3.05, 3.63) is 0 Å². The van der Waals surface area contributed by atoms with Crippen LogP contribution in [0, 0.1) is 23.7 Å². The highest BCUT2D eigenvalue weighted by Crippen LogP contribution is 2.39. The van der Waals surface area contributed by atoms with Crippen LogP contribution < -0.4 is 0 Å². The summed E-state index contributed by atoms with van der Waals surface area (Å²) in [6.45, 7) is 4.40. The van der Waals surface area contributed by atoms with Crippen molar-refractivity contribution < 1.29 is 8.78 Å². The van der Waals surface area contributed by atoms with E-state index in [4.69, 9.17) is 0 Å². The summed E-state index contributed by atoms with van der Waals surface area (Å²) in [5, 5.41) is 0. The molecule has 0 bridgehead atoms. The first-order valence-corrected chi connectivity index (χ1v) is 9.84. The summed E-state index contributed by atoms with van der Waals surface area (Å²) >= 11 is 0. The first-order chi connectivity index (χ1) is 10.6. The molecule has 3 saturated carbocycles. The molecular weight excluding hydrogens is 278 g/mol. The number of hydrogen-bond acceptors (Lipinski definition) is 0. The molecule has 3 aliphatic rings. The molecule has 0 nitrogen and oxygen atoms in total. The average Bonchev–Trinajstić information content (AvgIpc) is 2.53. The van der Waals surface area contributed by atoms with Crippen LogP contribution in [0.1, 0.15) is 90.9 Å². The standard InChI is InChI=1S/C13H24.C7H12F2/c1-11-7-9-13(10-8-11)12-5-3-2-4-6-12;1-5-2-3-6(8)7(9)4-5/h11-13H,2-10H2,1H3;5-7H,2-4H2,1H3. The first kappa shape index (κ1) is 18.2. The van der Waals surface area contributed by atoms with Gasteiger partial charge in [-0.3, -0.25) is 0 Å². The summed E-state index contributed by atoms with van der Waals surface area (Å²) in [4.78, 5) is 0. The van der Waals surface area contributed by atoms with Gasteiger partial charge in [-0.25, -0.2) is 8.78 Å². The minimum Gasteiger partial charge on any atom is -0.244 e. The third-order valence-corrected chi connectivity index (χ3v) is 6.33. The van der Waals surface area contributed by atoms with E-state index >= 15 is 0 Å². The fraction of sp³-hybridized carbons (Fsp3) is 1.00. The van der Waals surface area contributed by atoms with Gasteiger partial charge in [-0.1, -0.05) is 58.8 Å². The van der Waals surface area contributed by atoms with Gasteiger partial charge in [0.05, 0.1) is 0 Å². The van der Waals surface area contributed by atoms with Gasteiger partial charge in [0, 0.05) is 0 Å². The number of alkyl halides is 2. The average molecular weight is 315 g/mol. The molecular formula is C20H36F2. The molecule has 0 N–H and O–H groups in total. The van der Waals surface area contributed by atoms with Crippen LogP contribution in [0.2, 0.25) is 0 Å². The highest BCUT2D eigenvalue weighted by atomic mass is 19.2. The highest BCUT2D eigenvalue weighted by Gasteiger charge is 2.28. The summed E-state index contributed by atoms with van der Waals surface area (Å²) < 4.78 is 24.8. The van der Waals surface area contributed by atoms with E-state index in [1.807, 2.05) is 6.92 Å². The number of halogens is 2. The predicted octanol–water partition coefficient (Wildman–Crippen LogP) is 6.88. The zero-order valence-electron chi connectivity index (χ0n) is 14.7. The van der Waals surface area contributed by atoms with Crippen LogP contribution in [0.4, 0.5) is 8.78 Å². The van der Waals surface area contributed by atoms with Gasteiger partial charge in [0.15, 0.2) is 0 Å². The Labute approximate surface area is 136 Å². The quantitative estimate of drug-likeness (QED) is 0.495. The summed E-state index contributed by atoms with van der Waals surface area (Å²) in [7, 11) is 0. The summed E-state index contributed by atoms with van der Waals surface area (Å²) in [5.41, 5.74) is 0. The maximum atomic E-state index is 12.5. The summed E-state index contributed by atoms with van der Waals surface area (Å²) in [5.74, 6) is 3.66. The molecule has 0 aromatic rings. The van der Waals surface area contributed by atoms with Gasteiger partial charge >= 0.3 is 0 Å². The monoisotopic (exact) mass is 314 g/mol. The van der Waals surface area contributed by atoms with Gasteiger partial charge in [0.2, 0.25) is 0 Å². The van der Waals surface area contributed by atoms with E-state index in [1.54, 1.807) is 25.7 Å². The second kappa shape index (κ2) is 9.23. The SMILES string of the molecule is CC1CCC(C2CCCCC2)CC1.CC1CCC(F)C(F)C1. The Morgan fingerprint density at radius 3 is 1.64 bits per heavy atom. The summed E-state index contributed by atoms with van der Waals surface area (Å²) in [6, 6.07) is 0. The number of hydrogen-bond donors (Lipinski definition) is 0. The largest absolute Gasteiger partial charge is 0.244 e. The predicted molar refractivity (Wildman–Crippen MR) is 90.5 cm³/mol. The topological polar surface area (TPSA) is 0 Å². The molecule has 0 saturated heterocycles. The lowest BCUT2D eigenvalue weighted by molar-refractivity contribution is 0.0948. The van der Waals surface area contributed by atoms with Gasteiger partial charge in [-0.05, 0) is 55.8 Å². The van der Waals surface area contributed by atoms with Crippen LogP contribution in [-0.2, 0) is 0 Å². The fourth-order valence-corrected chi connectivity index (χ4v) is 4.64. The van der Waals surface area contributed by atoms with E-state index in [-0.39, 0.29) is 0 Å². The molecule has 3 atom stereocenters. The van der Waals surface area contributed by atoms with Crippen molar-refractivity contribution in [2.24, 2.45) is 23.7 Å². The molecule has 22 heavy (non-hydrogen) atoms. The minimum atomic E-state index is -1.19. The number of rotatable bonds is 1. The van der Waals surface area contributed by atoms with E-state index < -0.39 is 12.3 Å². The zero-order chi connectivity index (χ0) is 15.9. The molecule has 0 heterocycles. The Balaban J connectivity index is 0.000000172. The van der Waals surface area contributed by atoms with E-state index in [2.05, 4.69) is 6.92 Å². The van der Waals surface area contributed by atoms with Crippen molar-refractivity contribution in [3.63, 3.8) is 0 Å². The van der Waals surface area contributed by atoms with Crippen LogP contribution in [0.15, 0.2) is 0 Å². The molecule has 2 heteroatoms. The Hall–Kier alpha value is -0.140. The first-order valence-electron chi connectivity index (χ1n) is 9.84. The van der Waals surface area contributed by atoms with Crippen LogP contribution in [0.25, 0.3) is 0 Å². The Bertz CT molecular complexity index is 290. The van der Waals surface area contributed by atoms with Gasteiger partial charge < -0.3 is 0 Å².